The number of rotatable bonds is 3. The normalized spacial score (nSPS) is 36.2. The molecule has 0 radical (unpaired) electrons. The molecule has 1 aliphatic heterocycles. The molecule has 0 amide bonds. The average molecular weight is 188 g/mol. The van der Waals surface area contributed by atoms with Crippen LogP contribution in [-0.4, -0.2) is 21.7 Å². The zero-order valence-electron chi connectivity index (χ0n) is 8.34. The van der Waals surface area contributed by atoms with Crippen molar-refractivity contribution in [1.82, 2.24) is 0 Å². The lowest BCUT2D eigenvalue weighted by atomic mass is 9.89. The monoisotopic (exact) mass is 188 g/mol. The van der Waals surface area contributed by atoms with Crippen LogP contribution in [0.15, 0.2) is 0 Å². The first-order valence-electron chi connectivity index (χ1n) is 4.88. The topological polar surface area (TPSA) is 20.2 Å². The van der Waals surface area contributed by atoms with E-state index in [4.69, 9.17) is 0 Å². The number of hydrogen-bond acceptors (Lipinski definition) is 2. The molecule has 2 atom stereocenters. The summed E-state index contributed by atoms with van der Waals surface area (Å²) in [6, 6.07) is 0. The van der Waals surface area contributed by atoms with Gasteiger partial charge in [0, 0.05) is 5.25 Å². The van der Waals surface area contributed by atoms with Gasteiger partial charge in [0.15, 0.2) is 0 Å². The minimum atomic E-state index is -0.352. The fraction of sp³-hybridized carbons (Fsp3) is 1.00. The molecule has 12 heavy (non-hydrogen) atoms. The number of hydrogen-bond donors (Lipinski definition) is 1. The second-order valence-electron chi connectivity index (χ2n) is 4.30. The van der Waals surface area contributed by atoms with Crippen molar-refractivity contribution in [3.05, 3.63) is 0 Å². The van der Waals surface area contributed by atoms with Crippen LogP contribution in [0.1, 0.15) is 40.0 Å². The molecule has 1 nitrogen and oxygen atoms in total. The molecule has 0 aromatic heterocycles. The largest absolute Gasteiger partial charge is 0.389 e. The van der Waals surface area contributed by atoms with Crippen LogP contribution in [0, 0.1) is 5.92 Å². The highest BCUT2D eigenvalue weighted by Crippen LogP contribution is 2.39. The van der Waals surface area contributed by atoms with Gasteiger partial charge in [0.2, 0.25) is 0 Å². The highest BCUT2D eigenvalue weighted by atomic mass is 32.2. The molecule has 1 heterocycles. The van der Waals surface area contributed by atoms with Gasteiger partial charge in [-0.3, -0.25) is 0 Å². The Bertz CT molecular complexity index is 147. The molecule has 1 aliphatic rings. The summed E-state index contributed by atoms with van der Waals surface area (Å²) in [5.74, 6) is 1.85. The minimum Gasteiger partial charge on any atom is -0.389 e. The van der Waals surface area contributed by atoms with Crippen LogP contribution in [0.4, 0.5) is 0 Å². The van der Waals surface area contributed by atoms with Gasteiger partial charge in [-0.1, -0.05) is 20.8 Å². The lowest BCUT2D eigenvalue weighted by Gasteiger charge is -2.27. The molecule has 0 aromatic carbocycles. The van der Waals surface area contributed by atoms with Crippen LogP contribution in [0.25, 0.3) is 0 Å². The van der Waals surface area contributed by atoms with E-state index in [1.165, 1.54) is 0 Å². The predicted octanol–water partition coefficient (Wildman–Crippen LogP) is 2.68. The molecule has 0 aromatic rings. The Labute approximate surface area is 79.9 Å². The van der Waals surface area contributed by atoms with E-state index >= 15 is 0 Å². The summed E-state index contributed by atoms with van der Waals surface area (Å²) in [5, 5.41) is 10.6. The van der Waals surface area contributed by atoms with Crippen molar-refractivity contribution in [2.75, 3.05) is 5.75 Å². The molecule has 1 N–H and O–H groups in total. The van der Waals surface area contributed by atoms with E-state index in [0.29, 0.717) is 11.2 Å². The molecule has 0 bridgehead atoms. The van der Waals surface area contributed by atoms with Crippen LogP contribution < -0.4 is 0 Å². The van der Waals surface area contributed by atoms with E-state index in [1.54, 1.807) is 0 Å². The van der Waals surface area contributed by atoms with Crippen molar-refractivity contribution in [3.8, 4) is 0 Å². The Hall–Kier alpha value is 0.310. The lowest BCUT2D eigenvalue weighted by Crippen LogP contribution is -2.34. The van der Waals surface area contributed by atoms with Crippen molar-refractivity contribution in [2.45, 2.75) is 50.9 Å². The van der Waals surface area contributed by atoms with Gasteiger partial charge in [-0.05, 0) is 30.9 Å². The summed E-state index contributed by atoms with van der Waals surface area (Å²) in [7, 11) is 0. The Balaban J connectivity index is 2.37. The summed E-state index contributed by atoms with van der Waals surface area (Å²) in [5.41, 5.74) is -0.352. The molecule has 72 valence electrons. The van der Waals surface area contributed by atoms with Gasteiger partial charge in [-0.2, -0.15) is 11.8 Å². The lowest BCUT2D eigenvalue weighted by molar-refractivity contribution is 0.0320. The van der Waals surface area contributed by atoms with Crippen molar-refractivity contribution in [3.63, 3.8) is 0 Å². The van der Waals surface area contributed by atoms with Crippen LogP contribution in [0.5, 0.6) is 0 Å². The Morgan fingerprint density at radius 3 is 2.67 bits per heavy atom. The predicted molar refractivity (Wildman–Crippen MR) is 55.6 cm³/mol. The smallest absolute Gasteiger partial charge is 0.0771 e. The molecule has 1 fully saturated rings. The summed E-state index contributed by atoms with van der Waals surface area (Å²) >= 11 is 1.91. The third kappa shape index (κ3) is 2.40. The fourth-order valence-electron chi connectivity index (χ4n) is 1.64. The Morgan fingerprint density at radius 2 is 2.25 bits per heavy atom. The van der Waals surface area contributed by atoms with Gasteiger partial charge in [-0.25, -0.2) is 0 Å². The van der Waals surface area contributed by atoms with Gasteiger partial charge in [0.25, 0.3) is 0 Å². The maximum absolute atomic E-state index is 10.2. The van der Waals surface area contributed by atoms with Crippen molar-refractivity contribution >= 4 is 11.8 Å². The zero-order valence-corrected chi connectivity index (χ0v) is 9.16. The average Bonchev–Trinajstić information content (AvgIpc) is 2.30. The number of aliphatic hydroxyl groups is 1. The number of thioether (sulfide) groups is 1. The molecule has 1 saturated heterocycles. The van der Waals surface area contributed by atoms with E-state index in [-0.39, 0.29) is 5.60 Å². The molecule has 1 rings (SSSR count). The van der Waals surface area contributed by atoms with Crippen LogP contribution in [0.3, 0.4) is 0 Å². The first-order chi connectivity index (χ1) is 5.54. The van der Waals surface area contributed by atoms with E-state index < -0.39 is 0 Å². The quantitative estimate of drug-likeness (QED) is 0.735. The summed E-state index contributed by atoms with van der Waals surface area (Å²) in [4.78, 5) is 0. The first-order valence-corrected chi connectivity index (χ1v) is 5.93. The third-order valence-corrected chi connectivity index (χ3v) is 4.19. The van der Waals surface area contributed by atoms with Crippen LogP contribution in [0.2, 0.25) is 0 Å². The SMILES string of the molecule is CC(C)CCC1(O)CCSC1C. The maximum atomic E-state index is 10.2. The Morgan fingerprint density at radius 1 is 1.58 bits per heavy atom. The molecular weight excluding hydrogens is 168 g/mol. The van der Waals surface area contributed by atoms with E-state index in [9.17, 15) is 5.11 Å². The summed E-state index contributed by atoms with van der Waals surface area (Å²) < 4.78 is 0. The van der Waals surface area contributed by atoms with Gasteiger partial charge in [-0.15, -0.1) is 0 Å². The highest BCUT2D eigenvalue weighted by molar-refractivity contribution is 8.00. The van der Waals surface area contributed by atoms with Crippen LogP contribution >= 0.6 is 11.8 Å². The van der Waals surface area contributed by atoms with Crippen LogP contribution in [-0.2, 0) is 0 Å². The second-order valence-corrected chi connectivity index (χ2v) is 5.75. The van der Waals surface area contributed by atoms with Crippen molar-refractivity contribution in [1.29, 1.82) is 0 Å². The minimum absolute atomic E-state index is 0.352. The molecule has 2 heteroatoms. The van der Waals surface area contributed by atoms with Gasteiger partial charge in [0.1, 0.15) is 0 Å². The van der Waals surface area contributed by atoms with Gasteiger partial charge in [0.05, 0.1) is 5.60 Å². The van der Waals surface area contributed by atoms with Gasteiger partial charge >= 0.3 is 0 Å². The fourth-order valence-corrected chi connectivity index (χ4v) is 3.01. The third-order valence-electron chi connectivity index (χ3n) is 2.81. The molecule has 2 unspecified atom stereocenters. The molecule has 0 saturated carbocycles. The van der Waals surface area contributed by atoms with Gasteiger partial charge < -0.3 is 5.11 Å². The standard InChI is InChI=1S/C10H20OS/c1-8(2)4-5-10(11)6-7-12-9(10)3/h8-9,11H,4-7H2,1-3H3. The van der Waals surface area contributed by atoms with E-state index in [1.807, 2.05) is 11.8 Å². The summed E-state index contributed by atoms with van der Waals surface area (Å²) in [6.07, 6.45) is 3.13. The molecule has 0 spiro atoms. The highest BCUT2D eigenvalue weighted by Gasteiger charge is 2.38. The summed E-state index contributed by atoms with van der Waals surface area (Å²) in [6.45, 7) is 6.59. The maximum Gasteiger partial charge on any atom is 0.0771 e. The first kappa shape index (κ1) is 10.4. The molecule has 0 aliphatic carbocycles. The second kappa shape index (κ2) is 4.01. The van der Waals surface area contributed by atoms with Crippen molar-refractivity contribution < 1.29 is 5.11 Å². The Kier molecular flexibility index (Phi) is 3.47. The zero-order chi connectivity index (χ0) is 9.19. The van der Waals surface area contributed by atoms with E-state index in [0.717, 1.165) is 25.0 Å². The molecular formula is C10H20OS. The van der Waals surface area contributed by atoms with E-state index in [2.05, 4.69) is 20.8 Å². The van der Waals surface area contributed by atoms with Crippen molar-refractivity contribution in [2.24, 2.45) is 5.92 Å².